The third kappa shape index (κ3) is 2.12. The van der Waals surface area contributed by atoms with Gasteiger partial charge in [0.25, 0.3) is 0 Å². The van der Waals surface area contributed by atoms with Gasteiger partial charge in [-0.3, -0.25) is 4.79 Å². The van der Waals surface area contributed by atoms with Gasteiger partial charge < -0.3 is 5.73 Å². The molecule has 0 bridgehead atoms. The van der Waals surface area contributed by atoms with Gasteiger partial charge in [-0.25, -0.2) is 0 Å². The van der Waals surface area contributed by atoms with E-state index in [4.69, 9.17) is 5.73 Å². The van der Waals surface area contributed by atoms with Crippen molar-refractivity contribution in [2.75, 3.05) is 0 Å². The second kappa shape index (κ2) is 5.14. The summed E-state index contributed by atoms with van der Waals surface area (Å²) in [4.78, 5) is 11.7. The summed E-state index contributed by atoms with van der Waals surface area (Å²) in [5.41, 5.74) is 9.76. The largest absolute Gasteiger partial charge is 0.321 e. The van der Waals surface area contributed by atoms with Crippen molar-refractivity contribution < 1.29 is 4.79 Å². The summed E-state index contributed by atoms with van der Waals surface area (Å²) < 4.78 is 0. The van der Waals surface area contributed by atoms with Crippen molar-refractivity contribution in [1.29, 1.82) is 0 Å². The number of carbonyl (C=O) groups excluding carboxylic acids is 1. The number of hydrogen-bond donors (Lipinski definition) is 1. The molecule has 2 atom stereocenters. The molecule has 0 aromatic heterocycles. The molecular formula is C18H18NO-. The Morgan fingerprint density at radius 1 is 1.20 bits per heavy atom. The third-order valence-electron chi connectivity index (χ3n) is 4.08. The van der Waals surface area contributed by atoms with Gasteiger partial charge in [-0.15, -0.1) is 35.4 Å². The highest BCUT2D eigenvalue weighted by Crippen LogP contribution is 2.40. The Balaban J connectivity index is 2.06. The molecule has 0 radical (unpaired) electrons. The Morgan fingerprint density at radius 2 is 1.85 bits per heavy atom. The van der Waals surface area contributed by atoms with Gasteiger partial charge in [0.2, 0.25) is 0 Å². The van der Waals surface area contributed by atoms with Gasteiger partial charge >= 0.3 is 0 Å². The lowest BCUT2D eigenvalue weighted by atomic mass is 9.82. The van der Waals surface area contributed by atoms with Crippen molar-refractivity contribution in [3.8, 4) is 0 Å². The second-order valence-electron chi connectivity index (χ2n) is 5.36. The number of allylic oxidation sites excluding steroid dienone is 6. The van der Waals surface area contributed by atoms with Crippen LogP contribution in [0.15, 0.2) is 66.3 Å². The Hall–Kier alpha value is -2.06. The lowest BCUT2D eigenvalue weighted by Crippen LogP contribution is -2.37. The van der Waals surface area contributed by atoms with Crippen molar-refractivity contribution in [2.45, 2.75) is 13.0 Å². The number of carbonyl (C=O) groups is 1. The molecule has 0 spiro atoms. The fourth-order valence-corrected chi connectivity index (χ4v) is 3.00. The van der Waals surface area contributed by atoms with E-state index in [-0.39, 0.29) is 17.6 Å². The smallest absolute Gasteiger partial charge is 0.146 e. The van der Waals surface area contributed by atoms with Crippen LogP contribution < -0.4 is 5.73 Å². The van der Waals surface area contributed by atoms with Crippen LogP contribution >= 0.6 is 0 Å². The predicted octanol–water partition coefficient (Wildman–Crippen LogP) is 3.00. The van der Waals surface area contributed by atoms with Crippen LogP contribution in [0.2, 0.25) is 0 Å². The van der Waals surface area contributed by atoms with Crippen molar-refractivity contribution in [2.24, 2.45) is 17.6 Å². The van der Waals surface area contributed by atoms with Gasteiger partial charge in [0.1, 0.15) is 5.78 Å². The van der Waals surface area contributed by atoms with Crippen LogP contribution in [0, 0.1) is 11.8 Å². The molecule has 0 saturated carbocycles. The first-order valence-electron chi connectivity index (χ1n) is 6.94. The summed E-state index contributed by atoms with van der Waals surface area (Å²) in [5, 5.41) is 0. The highest BCUT2D eigenvalue weighted by molar-refractivity contribution is 5.87. The molecular weight excluding hydrogens is 246 g/mol. The molecule has 2 aliphatic rings. The van der Waals surface area contributed by atoms with Crippen molar-refractivity contribution in [3.05, 3.63) is 71.9 Å². The summed E-state index contributed by atoms with van der Waals surface area (Å²) in [6, 6.07) is 7.81. The average Bonchev–Trinajstić information content (AvgIpc) is 3.16. The van der Waals surface area contributed by atoms with E-state index in [1.54, 1.807) is 6.92 Å². The molecule has 0 fully saturated rings. The molecule has 1 aromatic rings. The number of Topliss-reactive ketones (excluding diaryl/α,β-unsaturated/α-hetero) is 1. The topological polar surface area (TPSA) is 43.1 Å². The summed E-state index contributed by atoms with van der Waals surface area (Å²) >= 11 is 0. The fraction of sp³-hybridized carbons (Fsp3) is 0.222. The van der Waals surface area contributed by atoms with Crippen LogP contribution in [0.5, 0.6) is 0 Å². The number of rotatable bonds is 4. The van der Waals surface area contributed by atoms with E-state index in [0.717, 1.165) is 0 Å². The maximum absolute atomic E-state index is 11.7. The molecule has 0 heterocycles. The van der Waals surface area contributed by atoms with Crippen LogP contribution in [0.3, 0.4) is 0 Å². The minimum atomic E-state index is -0.462. The van der Waals surface area contributed by atoms with E-state index in [1.807, 2.05) is 12.1 Å². The first kappa shape index (κ1) is 12.9. The summed E-state index contributed by atoms with van der Waals surface area (Å²) in [5.74, 6) is 0.270. The third-order valence-corrected chi connectivity index (χ3v) is 4.08. The van der Waals surface area contributed by atoms with Gasteiger partial charge in [0.15, 0.2) is 0 Å². The van der Waals surface area contributed by atoms with E-state index >= 15 is 0 Å². The summed E-state index contributed by atoms with van der Waals surface area (Å²) in [6.45, 7) is 1.57. The van der Waals surface area contributed by atoms with Crippen LogP contribution in [-0.4, -0.2) is 11.8 Å². The maximum Gasteiger partial charge on any atom is 0.146 e. The van der Waals surface area contributed by atoms with E-state index in [2.05, 4.69) is 48.6 Å². The highest BCUT2D eigenvalue weighted by Gasteiger charge is 2.28. The zero-order valence-corrected chi connectivity index (χ0v) is 11.5. The monoisotopic (exact) mass is 264 g/mol. The van der Waals surface area contributed by atoms with E-state index in [1.165, 1.54) is 16.7 Å². The minimum absolute atomic E-state index is 0.00481. The maximum atomic E-state index is 11.7. The molecule has 20 heavy (non-hydrogen) atoms. The lowest BCUT2D eigenvalue weighted by molar-refractivity contribution is -0.118. The normalized spacial score (nSPS) is 23.0. The van der Waals surface area contributed by atoms with Crippen molar-refractivity contribution >= 4 is 11.4 Å². The molecule has 102 valence electrons. The summed E-state index contributed by atoms with van der Waals surface area (Å²) in [6.07, 6.45) is 12.6. The number of hydrogen-bond acceptors (Lipinski definition) is 2. The highest BCUT2D eigenvalue weighted by atomic mass is 16.1. The van der Waals surface area contributed by atoms with Gasteiger partial charge in [-0.2, -0.15) is 12.1 Å². The molecule has 0 amide bonds. The second-order valence-corrected chi connectivity index (χ2v) is 5.36. The molecule has 2 aliphatic carbocycles. The molecule has 0 aliphatic heterocycles. The molecule has 2 heteroatoms. The summed E-state index contributed by atoms with van der Waals surface area (Å²) in [7, 11) is 0. The standard InChI is InChI=1S/C18H18NO/c1-12(20)18(19)16-11-10-15(13-6-2-3-7-13)17(16)14-8-4-5-9-14/h2-11,14,16,18H,19H2,1H3/q-1. The minimum Gasteiger partial charge on any atom is -0.321 e. The van der Waals surface area contributed by atoms with E-state index < -0.39 is 6.04 Å². The van der Waals surface area contributed by atoms with Crippen molar-refractivity contribution in [1.82, 2.24) is 0 Å². The van der Waals surface area contributed by atoms with Crippen LogP contribution in [0.4, 0.5) is 0 Å². The molecule has 3 rings (SSSR count). The van der Waals surface area contributed by atoms with Crippen molar-refractivity contribution in [3.63, 3.8) is 0 Å². The molecule has 1 aromatic carbocycles. The first-order chi connectivity index (χ1) is 9.68. The van der Waals surface area contributed by atoms with E-state index in [0.29, 0.717) is 0 Å². The number of ketones is 1. The Kier molecular flexibility index (Phi) is 3.33. The SMILES string of the molecule is CC(=O)C(N)C1C=CC([c-]2cccc2)=C1C1C=CC=C1. The lowest BCUT2D eigenvalue weighted by Gasteiger charge is -2.27. The number of nitrogens with two attached hydrogens (primary N) is 1. The fourth-order valence-electron chi connectivity index (χ4n) is 3.00. The zero-order chi connectivity index (χ0) is 14.1. The molecule has 2 nitrogen and oxygen atoms in total. The average molecular weight is 264 g/mol. The Bertz CT molecular complexity index is 616. The van der Waals surface area contributed by atoms with Gasteiger partial charge in [0.05, 0.1) is 6.04 Å². The molecule has 2 unspecified atom stereocenters. The van der Waals surface area contributed by atoms with Gasteiger partial charge in [0, 0.05) is 0 Å². The first-order valence-corrected chi connectivity index (χ1v) is 6.94. The molecule has 2 N–H and O–H groups in total. The Morgan fingerprint density at radius 3 is 2.45 bits per heavy atom. The quantitative estimate of drug-likeness (QED) is 0.849. The zero-order valence-electron chi connectivity index (χ0n) is 11.5. The van der Waals surface area contributed by atoms with Gasteiger partial charge in [-0.05, 0) is 18.8 Å². The van der Waals surface area contributed by atoms with Crippen LogP contribution in [0.1, 0.15) is 12.5 Å². The Labute approximate surface area is 119 Å². The van der Waals surface area contributed by atoms with E-state index in [9.17, 15) is 4.79 Å². The van der Waals surface area contributed by atoms with Gasteiger partial charge in [-0.1, -0.05) is 29.9 Å². The molecule has 0 saturated heterocycles. The predicted molar refractivity (Wildman–Crippen MR) is 82.0 cm³/mol. The van der Waals surface area contributed by atoms with Crippen LogP contribution in [-0.2, 0) is 4.79 Å². The van der Waals surface area contributed by atoms with Crippen LogP contribution in [0.25, 0.3) is 5.57 Å².